The fourth-order valence-corrected chi connectivity index (χ4v) is 6.01. The van der Waals surface area contributed by atoms with E-state index in [1.165, 1.54) is 0 Å². The lowest BCUT2D eigenvalue weighted by Gasteiger charge is -2.17. The Morgan fingerprint density at radius 1 is 0.750 bits per heavy atom. The summed E-state index contributed by atoms with van der Waals surface area (Å²) in [6.45, 7) is 3.85. The van der Waals surface area contributed by atoms with E-state index >= 15 is 0 Å². The minimum absolute atomic E-state index is 0.0218. The fraction of sp³-hybridized carbons (Fsp3) is 0.323. The first-order chi connectivity index (χ1) is 19.6. The van der Waals surface area contributed by atoms with Gasteiger partial charge in [-0.1, -0.05) is 24.3 Å². The number of benzene rings is 3. The number of rotatable bonds is 3. The van der Waals surface area contributed by atoms with Crippen molar-refractivity contribution in [1.82, 2.24) is 4.98 Å². The molecule has 0 spiro atoms. The van der Waals surface area contributed by atoms with Crippen molar-refractivity contribution in [3.8, 4) is 28.7 Å². The molecule has 0 aliphatic carbocycles. The van der Waals surface area contributed by atoms with E-state index in [0.717, 1.165) is 50.6 Å². The van der Waals surface area contributed by atoms with E-state index in [1.54, 1.807) is 13.2 Å². The molecule has 4 unspecified atom stereocenters. The van der Waals surface area contributed by atoms with Gasteiger partial charge in [-0.3, -0.25) is 4.79 Å². The molecule has 0 amide bonds. The summed E-state index contributed by atoms with van der Waals surface area (Å²) in [6, 6.07) is 19.4. The zero-order valence-electron chi connectivity index (χ0n) is 22.2. The van der Waals surface area contributed by atoms with E-state index in [9.17, 15) is 4.79 Å². The summed E-state index contributed by atoms with van der Waals surface area (Å²) in [4.78, 5) is 14.0. The van der Waals surface area contributed by atoms with Gasteiger partial charge in [-0.25, -0.2) is 0 Å². The van der Waals surface area contributed by atoms with E-state index < -0.39 is 0 Å². The number of hydrogen-bond acceptors (Lipinski definition) is 8. The molecule has 0 bridgehead atoms. The quantitative estimate of drug-likeness (QED) is 0.383. The molecule has 9 heteroatoms. The van der Waals surface area contributed by atoms with Crippen LogP contribution in [0.5, 0.6) is 28.7 Å². The number of methoxy groups -OCH3 is 1. The van der Waals surface area contributed by atoms with Crippen LogP contribution in [0.1, 0.15) is 28.9 Å². The summed E-state index contributed by atoms with van der Waals surface area (Å²) in [7, 11) is 1.59. The van der Waals surface area contributed by atoms with Gasteiger partial charge in [-0.05, 0) is 53.9 Å². The van der Waals surface area contributed by atoms with Crippen molar-refractivity contribution >= 4 is 10.9 Å². The number of aromatic nitrogens is 1. The average molecular weight is 544 g/mol. The molecule has 4 aliphatic heterocycles. The normalized spacial score (nSPS) is 23.6. The van der Waals surface area contributed by atoms with E-state index in [2.05, 4.69) is 17.1 Å². The number of para-hydroxylation sites is 1. The average Bonchev–Trinajstić information content (AvgIpc) is 3.76. The van der Waals surface area contributed by atoms with Crippen LogP contribution in [0.3, 0.4) is 0 Å². The van der Waals surface area contributed by atoms with Crippen molar-refractivity contribution in [2.24, 2.45) is 11.8 Å². The Bertz CT molecular complexity index is 1560. The number of pyridine rings is 1. The maximum absolute atomic E-state index is 11.3. The first-order valence-corrected chi connectivity index (χ1v) is 13.3. The lowest BCUT2D eigenvalue weighted by atomic mass is 9.85. The number of aryl methyl sites for hydroxylation is 1. The molecule has 0 saturated carbocycles. The Morgan fingerprint density at radius 2 is 1.32 bits per heavy atom. The number of hydrogen-bond donors (Lipinski definition) is 1. The summed E-state index contributed by atoms with van der Waals surface area (Å²) in [5.74, 6) is 4.52. The molecule has 1 aromatic heterocycles. The van der Waals surface area contributed by atoms with E-state index in [0.29, 0.717) is 30.8 Å². The van der Waals surface area contributed by atoms with Gasteiger partial charge in [0.2, 0.25) is 19.1 Å². The van der Waals surface area contributed by atoms with Gasteiger partial charge < -0.3 is 38.1 Å². The highest BCUT2D eigenvalue weighted by atomic mass is 16.7. The second-order valence-corrected chi connectivity index (χ2v) is 10.3. The SMILES string of the molecule is COc1cccc2c(C)cc(=O)[nH]c12.c1cc2c(cc1C1OCC3C(c4ccc5c(c4)OCO5)OCC13)OCO2. The molecule has 9 nitrogen and oxygen atoms in total. The minimum Gasteiger partial charge on any atom is -0.495 e. The highest BCUT2D eigenvalue weighted by molar-refractivity contribution is 5.86. The number of fused-ring (bicyclic) bond motifs is 4. The number of ether oxygens (including phenoxy) is 7. The first kappa shape index (κ1) is 24.8. The van der Waals surface area contributed by atoms with E-state index in [4.69, 9.17) is 33.2 Å². The van der Waals surface area contributed by atoms with Gasteiger partial charge in [0, 0.05) is 23.3 Å². The predicted octanol–water partition coefficient (Wildman–Crippen LogP) is 5.06. The van der Waals surface area contributed by atoms with Crippen molar-refractivity contribution < 1.29 is 33.2 Å². The lowest BCUT2D eigenvalue weighted by Crippen LogP contribution is -2.14. The molecule has 2 fully saturated rings. The molecule has 4 aromatic rings. The van der Waals surface area contributed by atoms with Crippen LogP contribution >= 0.6 is 0 Å². The van der Waals surface area contributed by atoms with Crippen LogP contribution in [0, 0.1) is 18.8 Å². The zero-order chi connectivity index (χ0) is 27.2. The minimum atomic E-state index is -0.0977. The molecule has 0 radical (unpaired) electrons. The van der Waals surface area contributed by atoms with Gasteiger partial charge in [0.05, 0.1) is 38.0 Å². The lowest BCUT2D eigenvalue weighted by molar-refractivity contribution is 0.0192. The highest BCUT2D eigenvalue weighted by Gasteiger charge is 2.48. The number of H-pyrrole nitrogens is 1. The van der Waals surface area contributed by atoms with E-state index in [-0.39, 0.29) is 31.4 Å². The van der Waals surface area contributed by atoms with Crippen molar-refractivity contribution in [2.75, 3.05) is 33.9 Å². The molecular weight excluding hydrogens is 514 g/mol. The smallest absolute Gasteiger partial charge is 0.248 e. The second-order valence-electron chi connectivity index (χ2n) is 10.3. The molecule has 4 atom stereocenters. The predicted molar refractivity (Wildman–Crippen MR) is 145 cm³/mol. The van der Waals surface area contributed by atoms with Crippen molar-refractivity contribution in [1.29, 1.82) is 0 Å². The molecule has 40 heavy (non-hydrogen) atoms. The monoisotopic (exact) mass is 543 g/mol. The molecule has 4 aliphatic rings. The van der Waals surface area contributed by atoms with Crippen LogP contribution < -0.4 is 29.2 Å². The Labute approximate surface area is 230 Å². The zero-order valence-corrected chi connectivity index (χ0v) is 22.2. The Hall–Kier alpha value is -4.21. The highest BCUT2D eigenvalue weighted by Crippen LogP contribution is 2.52. The van der Waals surface area contributed by atoms with Crippen LogP contribution in [0.25, 0.3) is 10.9 Å². The summed E-state index contributed by atoms with van der Waals surface area (Å²) in [5, 5.41) is 1.02. The van der Waals surface area contributed by atoms with Crippen molar-refractivity contribution in [3.63, 3.8) is 0 Å². The Morgan fingerprint density at radius 3 is 1.90 bits per heavy atom. The molecule has 3 aromatic carbocycles. The maximum Gasteiger partial charge on any atom is 0.248 e. The third-order valence-corrected chi connectivity index (χ3v) is 7.98. The number of nitrogens with one attached hydrogen (secondary N) is 1. The molecule has 2 saturated heterocycles. The van der Waals surface area contributed by atoms with Crippen LogP contribution in [0.4, 0.5) is 0 Å². The van der Waals surface area contributed by atoms with Crippen LogP contribution in [0.2, 0.25) is 0 Å². The third kappa shape index (κ3) is 4.31. The van der Waals surface area contributed by atoms with Gasteiger partial charge in [-0.15, -0.1) is 0 Å². The largest absolute Gasteiger partial charge is 0.495 e. The molecule has 8 rings (SSSR count). The second kappa shape index (κ2) is 10.1. The van der Waals surface area contributed by atoms with Gasteiger partial charge in [0.1, 0.15) is 5.75 Å². The standard InChI is InChI=1S/C20H18O6.C11H11NO2/c1-3-15-17(25-9-23-15)5-11(1)19-13-7-22-20(14(13)8-21-19)12-2-4-16-18(6-12)26-10-24-16;1-7-6-10(13)12-11-8(7)4-3-5-9(11)14-2/h1-6,13-14,19-20H,7-10H2;3-6H,1-2H3,(H,12,13). The molecule has 206 valence electrons. The Balaban J connectivity index is 0.000000160. The van der Waals surface area contributed by atoms with Crippen molar-refractivity contribution in [2.45, 2.75) is 19.1 Å². The van der Waals surface area contributed by atoms with Gasteiger partial charge in [0.15, 0.2) is 23.0 Å². The fourth-order valence-electron chi connectivity index (χ4n) is 6.01. The van der Waals surface area contributed by atoms with Crippen molar-refractivity contribution in [3.05, 3.63) is 87.7 Å². The molecule has 5 heterocycles. The van der Waals surface area contributed by atoms with Crippen LogP contribution in [-0.4, -0.2) is 38.9 Å². The molecule has 1 N–H and O–H groups in total. The molecular formula is C31H29NO8. The summed E-state index contributed by atoms with van der Waals surface area (Å²) < 4.78 is 39.3. The van der Waals surface area contributed by atoms with Gasteiger partial charge >= 0.3 is 0 Å². The Kier molecular flexibility index (Phi) is 6.25. The summed E-state index contributed by atoms with van der Waals surface area (Å²) in [6.07, 6.45) is 0.0435. The summed E-state index contributed by atoms with van der Waals surface area (Å²) >= 11 is 0. The topological polar surface area (TPSA) is 97.5 Å². The number of aromatic amines is 1. The van der Waals surface area contributed by atoms with Gasteiger partial charge in [0.25, 0.3) is 0 Å². The maximum atomic E-state index is 11.3. The van der Waals surface area contributed by atoms with Gasteiger partial charge in [-0.2, -0.15) is 0 Å². The van der Waals surface area contributed by atoms with Crippen LogP contribution in [-0.2, 0) is 9.47 Å². The first-order valence-electron chi connectivity index (χ1n) is 13.3. The third-order valence-electron chi connectivity index (χ3n) is 7.98. The summed E-state index contributed by atoms with van der Waals surface area (Å²) in [5.41, 5.74) is 3.87. The van der Waals surface area contributed by atoms with E-state index in [1.807, 2.05) is 49.4 Å². The van der Waals surface area contributed by atoms with Crippen LogP contribution in [0.15, 0.2) is 65.5 Å².